The number of nitrogens with one attached hydrogen (secondary N) is 1. The summed E-state index contributed by atoms with van der Waals surface area (Å²) in [5, 5.41) is 0. The molecule has 1 aliphatic carbocycles. The molecule has 0 radical (unpaired) electrons. The molecule has 5 nitrogen and oxygen atoms in total. The zero-order valence-electron chi connectivity index (χ0n) is 11.9. The fourth-order valence-electron chi connectivity index (χ4n) is 3.65. The van der Waals surface area contributed by atoms with Crippen molar-refractivity contribution in [2.45, 2.75) is 37.8 Å². The minimum atomic E-state index is 0.248. The summed E-state index contributed by atoms with van der Waals surface area (Å²) in [6.45, 7) is 5.18. The second kappa shape index (κ2) is 6.56. The number of halogens is 1. The maximum atomic E-state index is 6.00. The zero-order chi connectivity index (χ0) is 13.9. The standard InChI is InChI=1S/C14H24BrN5/c15-14-13(17-10-18-14)12(9-16)20-7-5-19(6-8-20)11-3-1-2-4-11/h10-12H,1-9,16H2,(H,17,18). The van der Waals surface area contributed by atoms with Gasteiger partial charge in [0.1, 0.15) is 4.60 Å². The van der Waals surface area contributed by atoms with Crippen LogP contribution in [-0.2, 0) is 0 Å². The van der Waals surface area contributed by atoms with Gasteiger partial charge in [-0.05, 0) is 28.8 Å². The maximum Gasteiger partial charge on any atom is 0.128 e. The van der Waals surface area contributed by atoms with Gasteiger partial charge in [-0.2, -0.15) is 0 Å². The Kier molecular flexibility index (Phi) is 4.75. The van der Waals surface area contributed by atoms with Crippen LogP contribution in [0.5, 0.6) is 0 Å². The van der Waals surface area contributed by atoms with Gasteiger partial charge < -0.3 is 10.7 Å². The van der Waals surface area contributed by atoms with Gasteiger partial charge in [0.15, 0.2) is 0 Å². The summed E-state index contributed by atoms with van der Waals surface area (Å²) in [6.07, 6.45) is 7.35. The Bertz CT molecular complexity index is 421. The highest BCUT2D eigenvalue weighted by Gasteiger charge is 2.30. The highest BCUT2D eigenvalue weighted by Crippen LogP contribution is 2.28. The molecule has 112 valence electrons. The van der Waals surface area contributed by atoms with Gasteiger partial charge in [0.05, 0.1) is 18.1 Å². The van der Waals surface area contributed by atoms with Crippen LogP contribution >= 0.6 is 15.9 Å². The van der Waals surface area contributed by atoms with Crippen molar-refractivity contribution in [1.29, 1.82) is 0 Å². The summed E-state index contributed by atoms with van der Waals surface area (Å²) in [7, 11) is 0. The molecule has 0 spiro atoms. The Balaban J connectivity index is 1.60. The fraction of sp³-hybridized carbons (Fsp3) is 0.786. The van der Waals surface area contributed by atoms with Crippen molar-refractivity contribution in [1.82, 2.24) is 19.8 Å². The first kappa shape index (κ1) is 14.5. The SMILES string of the molecule is NCC(c1[nH]cnc1Br)N1CCN(C2CCCC2)CC1. The van der Waals surface area contributed by atoms with Crippen LogP contribution in [0.3, 0.4) is 0 Å². The molecule has 1 saturated heterocycles. The Labute approximate surface area is 129 Å². The first-order valence-electron chi connectivity index (χ1n) is 7.66. The molecule has 0 amide bonds. The molecular weight excluding hydrogens is 318 g/mol. The van der Waals surface area contributed by atoms with Crippen molar-refractivity contribution in [3.63, 3.8) is 0 Å². The highest BCUT2D eigenvalue weighted by atomic mass is 79.9. The van der Waals surface area contributed by atoms with E-state index in [0.29, 0.717) is 6.54 Å². The molecule has 3 rings (SSSR count). The Morgan fingerprint density at radius 1 is 1.30 bits per heavy atom. The number of aromatic amines is 1. The van der Waals surface area contributed by atoms with Crippen LogP contribution in [0.25, 0.3) is 0 Å². The molecule has 1 aromatic heterocycles. The molecule has 1 saturated carbocycles. The van der Waals surface area contributed by atoms with Crippen molar-refractivity contribution in [2.24, 2.45) is 5.73 Å². The predicted octanol–water partition coefficient (Wildman–Crippen LogP) is 1.73. The Morgan fingerprint density at radius 3 is 2.55 bits per heavy atom. The predicted molar refractivity (Wildman–Crippen MR) is 83.5 cm³/mol. The van der Waals surface area contributed by atoms with Crippen LogP contribution in [0, 0.1) is 0 Å². The summed E-state index contributed by atoms with van der Waals surface area (Å²) in [5.41, 5.74) is 7.11. The maximum absolute atomic E-state index is 6.00. The van der Waals surface area contributed by atoms with E-state index in [2.05, 4.69) is 35.7 Å². The van der Waals surface area contributed by atoms with E-state index in [1.165, 1.54) is 38.8 Å². The quantitative estimate of drug-likeness (QED) is 0.875. The van der Waals surface area contributed by atoms with Gasteiger partial charge in [0, 0.05) is 38.8 Å². The molecule has 1 unspecified atom stereocenters. The summed E-state index contributed by atoms with van der Waals surface area (Å²) in [5.74, 6) is 0. The van der Waals surface area contributed by atoms with Gasteiger partial charge in [0.25, 0.3) is 0 Å². The molecule has 1 aromatic rings. The second-order valence-electron chi connectivity index (χ2n) is 5.87. The zero-order valence-corrected chi connectivity index (χ0v) is 13.5. The van der Waals surface area contributed by atoms with E-state index in [1.54, 1.807) is 6.33 Å². The summed E-state index contributed by atoms with van der Waals surface area (Å²) in [4.78, 5) is 12.6. The van der Waals surface area contributed by atoms with E-state index < -0.39 is 0 Å². The van der Waals surface area contributed by atoms with Gasteiger partial charge >= 0.3 is 0 Å². The summed E-state index contributed by atoms with van der Waals surface area (Å²) < 4.78 is 0.895. The number of hydrogen-bond acceptors (Lipinski definition) is 4. The van der Waals surface area contributed by atoms with E-state index in [9.17, 15) is 0 Å². The van der Waals surface area contributed by atoms with Crippen LogP contribution in [0.4, 0.5) is 0 Å². The Morgan fingerprint density at radius 2 is 2.00 bits per heavy atom. The number of H-pyrrole nitrogens is 1. The van der Waals surface area contributed by atoms with Gasteiger partial charge in [-0.25, -0.2) is 4.98 Å². The fourth-order valence-corrected chi connectivity index (χ4v) is 4.14. The topological polar surface area (TPSA) is 61.2 Å². The van der Waals surface area contributed by atoms with Crippen molar-refractivity contribution in [2.75, 3.05) is 32.7 Å². The van der Waals surface area contributed by atoms with Gasteiger partial charge in [-0.15, -0.1) is 0 Å². The number of piperazine rings is 1. The minimum absolute atomic E-state index is 0.248. The first-order valence-corrected chi connectivity index (χ1v) is 8.46. The summed E-state index contributed by atoms with van der Waals surface area (Å²) in [6, 6.07) is 1.09. The van der Waals surface area contributed by atoms with Crippen molar-refractivity contribution < 1.29 is 0 Å². The van der Waals surface area contributed by atoms with E-state index in [1.807, 2.05) is 0 Å². The lowest BCUT2D eigenvalue weighted by molar-refractivity contribution is 0.0709. The number of nitrogens with zero attached hydrogens (tertiary/aromatic N) is 3. The Hall–Kier alpha value is -0.430. The molecule has 2 heterocycles. The minimum Gasteiger partial charge on any atom is -0.346 e. The van der Waals surface area contributed by atoms with E-state index in [4.69, 9.17) is 5.73 Å². The number of hydrogen-bond donors (Lipinski definition) is 2. The molecule has 6 heteroatoms. The second-order valence-corrected chi connectivity index (χ2v) is 6.62. The third-order valence-corrected chi connectivity index (χ3v) is 5.44. The lowest BCUT2D eigenvalue weighted by Crippen LogP contribution is -2.51. The average Bonchev–Trinajstić information content (AvgIpc) is 3.13. The molecule has 2 aliphatic rings. The smallest absolute Gasteiger partial charge is 0.128 e. The van der Waals surface area contributed by atoms with Crippen molar-refractivity contribution >= 4 is 15.9 Å². The molecule has 2 fully saturated rings. The molecule has 0 bridgehead atoms. The molecule has 20 heavy (non-hydrogen) atoms. The van der Waals surface area contributed by atoms with Gasteiger partial charge in [-0.1, -0.05) is 12.8 Å². The lowest BCUT2D eigenvalue weighted by atomic mass is 10.1. The number of nitrogens with two attached hydrogens (primary N) is 1. The highest BCUT2D eigenvalue weighted by molar-refractivity contribution is 9.10. The third kappa shape index (κ3) is 2.93. The number of aromatic nitrogens is 2. The van der Waals surface area contributed by atoms with Crippen LogP contribution < -0.4 is 5.73 Å². The number of rotatable bonds is 4. The van der Waals surface area contributed by atoms with E-state index in [0.717, 1.165) is 29.4 Å². The third-order valence-electron chi connectivity index (χ3n) is 4.81. The van der Waals surface area contributed by atoms with Gasteiger partial charge in [0.2, 0.25) is 0 Å². The molecule has 1 atom stereocenters. The van der Waals surface area contributed by atoms with Crippen LogP contribution in [0.15, 0.2) is 10.9 Å². The molecule has 0 aromatic carbocycles. The van der Waals surface area contributed by atoms with E-state index >= 15 is 0 Å². The molecule has 3 N–H and O–H groups in total. The monoisotopic (exact) mass is 341 g/mol. The first-order chi connectivity index (χ1) is 9.79. The van der Waals surface area contributed by atoms with Crippen LogP contribution in [0.2, 0.25) is 0 Å². The normalized spacial score (nSPS) is 24.3. The molecular formula is C14H24BrN5. The largest absolute Gasteiger partial charge is 0.346 e. The molecule has 1 aliphatic heterocycles. The summed E-state index contributed by atoms with van der Waals surface area (Å²) >= 11 is 3.51. The van der Waals surface area contributed by atoms with E-state index in [-0.39, 0.29) is 6.04 Å². The number of imidazole rings is 1. The van der Waals surface area contributed by atoms with Crippen LogP contribution in [0.1, 0.15) is 37.4 Å². The van der Waals surface area contributed by atoms with Crippen molar-refractivity contribution in [3.05, 3.63) is 16.6 Å². The lowest BCUT2D eigenvalue weighted by Gasteiger charge is -2.41. The van der Waals surface area contributed by atoms with Crippen molar-refractivity contribution in [3.8, 4) is 0 Å². The average molecular weight is 342 g/mol. The van der Waals surface area contributed by atoms with Gasteiger partial charge in [-0.3, -0.25) is 9.80 Å². The van der Waals surface area contributed by atoms with Crippen LogP contribution in [-0.4, -0.2) is 58.5 Å².